The number of thiazole rings is 1. The quantitative estimate of drug-likeness (QED) is 0.677. The van der Waals surface area contributed by atoms with Gasteiger partial charge >= 0.3 is 0 Å². The molecule has 1 amide bonds. The summed E-state index contributed by atoms with van der Waals surface area (Å²) in [4.78, 5) is 16.9. The first-order valence-corrected chi connectivity index (χ1v) is 11.4. The van der Waals surface area contributed by atoms with E-state index in [1.54, 1.807) is 33.1 Å². The van der Waals surface area contributed by atoms with E-state index in [0.29, 0.717) is 21.2 Å². The molecular weight excluding hydrogens is 416 g/mol. The molecule has 1 unspecified atom stereocenters. The minimum atomic E-state index is -1.29. The number of aliphatic hydroxyl groups is 1. The van der Waals surface area contributed by atoms with E-state index in [4.69, 9.17) is 5.14 Å². The van der Waals surface area contributed by atoms with Gasteiger partial charge in [0, 0.05) is 16.3 Å². The van der Waals surface area contributed by atoms with E-state index in [-0.39, 0.29) is 23.8 Å². The van der Waals surface area contributed by atoms with Crippen molar-refractivity contribution in [2.45, 2.75) is 69.7 Å². The van der Waals surface area contributed by atoms with Gasteiger partial charge in [0.1, 0.15) is 5.60 Å². The van der Waals surface area contributed by atoms with Crippen molar-refractivity contribution in [3.8, 4) is 0 Å². The highest BCUT2D eigenvalue weighted by molar-refractivity contribution is 7.87. The molecule has 0 aliphatic heterocycles. The van der Waals surface area contributed by atoms with Crippen LogP contribution < -0.4 is 5.14 Å². The van der Waals surface area contributed by atoms with Gasteiger partial charge in [-0.3, -0.25) is 9.93 Å². The van der Waals surface area contributed by atoms with Crippen molar-refractivity contribution in [1.82, 2.24) is 4.98 Å². The lowest BCUT2D eigenvalue weighted by Crippen LogP contribution is -2.17. The van der Waals surface area contributed by atoms with Gasteiger partial charge in [0.05, 0.1) is 12.1 Å². The number of hydrogen-bond acceptors (Lipinski definition) is 4. The lowest BCUT2D eigenvalue weighted by Gasteiger charge is -2.20. The van der Waals surface area contributed by atoms with Crippen LogP contribution in [0.2, 0.25) is 0 Å². The van der Waals surface area contributed by atoms with E-state index < -0.39 is 34.0 Å². The summed E-state index contributed by atoms with van der Waals surface area (Å²) >= 11 is 1.21. The largest absolute Gasteiger partial charge is 0.384 e. The minimum Gasteiger partial charge on any atom is -0.384 e. The number of benzene rings is 1. The summed E-state index contributed by atoms with van der Waals surface area (Å²) in [6.07, 6.45) is -0.164. The standard InChI is InChI=1S/C20H27F2N3O2S2/c1-10(2)12-7-14(21)18(22)17(11(3)4)13(12)8-16(26)25-29(23)19-24-15(9-28-19)20(5,6)27/h7,9-11,27H,8H2,1-6H3,(H2,23,25,26). The third-order valence-electron chi connectivity index (χ3n) is 4.42. The highest BCUT2D eigenvalue weighted by atomic mass is 32.2. The summed E-state index contributed by atoms with van der Waals surface area (Å²) < 4.78 is 33.0. The fourth-order valence-corrected chi connectivity index (χ4v) is 4.89. The number of nitrogens with two attached hydrogens (primary N) is 1. The second-order valence-corrected chi connectivity index (χ2v) is 10.3. The van der Waals surface area contributed by atoms with E-state index in [9.17, 15) is 18.7 Å². The van der Waals surface area contributed by atoms with Crippen molar-refractivity contribution >= 4 is 28.1 Å². The van der Waals surface area contributed by atoms with Gasteiger partial charge in [-0.2, -0.15) is 4.36 Å². The van der Waals surface area contributed by atoms with Crippen molar-refractivity contribution in [2.24, 2.45) is 9.50 Å². The van der Waals surface area contributed by atoms with Crippen molar-refractivity contribution in [2.75, 3.05) is 0 Å². The summed E-state index contributed by atoms with van der Waals surface area (Å²) in [6.45, 7) is 10.5. The van der Waals surface area contributed by atoms with Gasteiger partial charge in [0.15, 0.2) is 16.0 Å². The van der Waals surface area contributed by atoms with Crippen LogP contribution in [0.15, 0.2) is 20.1 Å². The Morgan fingerprint density at radius 1 is 1.31 bits per heavy atom. The number of carbonyl (C=O) groups excluding carboxylic acids is 1. The molecule has 1 aromatic heterocycles. The molecule has 2 aromatic rings. The number of aromatic nitrogens is 1. The fourth-order valence-electron chi connectivity index (χ4n) is 2.98. The van der Waals surface area contributed by atoms with Crippen LogP contribution in [-0.4, -0.2) is 16.0 Å². The smallest absolute Gasteiger partial charge is 0.257 e. The third-order valence-corrected chi connectivity index (χ3v) is 6.70. The van der Waals surface area contributed by atoms with Crippen LogP contribution in [0.5, 0.6) is 0 Å². The molecule has 9 heteroatoms. The van der Waals surface area contributed by atoms with Crippen molar-refractivity contribution in [1.29, 1.82) is 0 Å². The molecule has 0 spiro atoms. The number of nitrogens with zero attached hydrogens (tertiary/aromatic N) is 2. The zero-order valence-electron chi connectivity index (χ0n) is 17.4. The predicted molar refractivity (Wildman–Crippen MR) is 113 cm³/mol. The molecule has 29 heavy (non-hydrogen) atoms. The van der Waals surface area contributed by atoms with Crippen molar-refractivity contribution < 1.29 is 18.7 Å². The lowest BCUT2D eigenvalue weighted by atomic mass is 9.86. The predicted octanol–water partition coefficient (Wildman–Crippen LogP) is 4.70. The van der Waals surface area contributed by atoms with Crippen LogP contribution in [0.3, 0.4) is 0 Å². The number of hydrogen-bond donors (Lipinski definition) is 2. The number of rotatable bonds is 6. The molecule has 0 fully saturated rings. The van der Waals surface area contributed by atoms with Crippen LogP contribution in [0.1, 0.15) is 75.8 Å². The lowest BCUT2D eigenvalue weighted by molar-refractivity contribution is -0.117. The minimum absolute atomic E-state index is 0.0881. The van der Waals surface area contributed by atoms with Gasteiger partial charge in [0.25, 0.3) is 5.91 Å². The molecule has 0 bridgehead atoms. The molecule has 0 aliphatic rings. The Morgan fingerprint density at radius 2 is 1.93 bits per heavy atom. The van der Waals surface area contributed by atoms with E-state index in [1.165, 1.54) is 11.3 Å². The average molecular weight is 444 g/mol. The van der Waals surface area contributed by atoms with Crippen LogP contribution >= 0.6 is 11.3 Å². The van der Waals surface area contributed by atoms with Gasteiger partial charge in [-0.25, -0.2) is 13.8 Å². The maximum Gasteiger partial charge on any atom is 0.257 e. The molecule has 5 nitrogen and oxygen atoms in total. The Hall–Kier alpha value is -1.55. The van der Waals surface area contributed by atoms with E-state index in [1.807, 2.05) is 13.8 Å². The Labute approximate surface area is 176 Å². The normalized spacial score (nSPS) is 13.5. The van der Waals surface area contributed by atoms with Crippen LogP contribution in [0.25, 0.3) is 0 Å². The Balaban J connectivity index is 2.40. The van der Waals surface area contributed by atoms with E-state index in [2.05, 4.69) is 9.35 Å². The van der Waals surface area contributed by atoms with E-state index >= 15 is 0 Å². The second-order valence-electron chi connectivity index (χ2n) is 8.00. The number of amides is 1. The second kappa shape index (κ2) is 9.07. The van der Waals surface area contributed by atoms with E-state index in [0.717, 1.165) is 6.07 Å². The third kappa shape index (κ3) is 5.53. The first kappa shape index (κ1) is 23.7. The van der Waals surface area contributed by atoms with Crippen LogP contribution in [-0.2, 0) is 27.7 Å². The summed E-state index contributed by atoms with van der Waals surface area (Å²) in [5, 5.41) is 17.7. The topological polar surface area (TPSA) is 88.6 Å². The summed E-state index contributed by atoms with van der Waals surface area (Å²) in [7, 11) is -1.29. The molecule has 0 saturated carbocycles. The zero-order chi connectivity index (χ0) is 22.1. The fraction of sp³-hybridized carbons (Fsp3) is 0.500. The number of carbonyl (C=O) groups is 1. The van der Waals surface area contributed by atoms with Gasteiger partial charge in [0.2, 0.25) is 0 Å². The number of halogens is 2. The van der Waals surface area contributed by atoms with Gasteiger partial charge in [-0.05, 0) is 48.4 Å². The maximum absolute atomic E-state index is 14.5. The van der Waals surface area contributed by atoms with Crippen molar-refractivity contribution in [3.05, 3.63) is 45.5 Å². The molecule has 0 saturated heterocycles. The first-order valence-electron chi connectivity index (χ1n) is 9.25. The van der Waals surface area contributed by atoms with Crippen LogP contribution in [0.4, 0.5) is 8.78 Å². The Morgan fingerprint density at radius 3 is 2.41 bits per heavy atom. The Kier molecular flexibility index (Phi) is 7.42. The van der Waals surface area contributed by atoms with Gasteiger partial charge < -0.3 is 5.11 Å². The first-order chi connectivity index (χ1) is 13.3. The van der Waals surface area contributed by atoms with Gasteiger partial charge in [-0.1, -0.05) is 27.7 Å². The maximum atomic E-state index is 14.5. The molecule has 1 heterocycles. The molecule has 160 valence electrons. The Bertz CT molecular complexity index is 948. The van der Waals surface area contributed by atoms with Gasteiger partial charge in [-0.15, -0.1) is 11.3 Å². The average Bonchev–Trinajstić information content (AvgIpc) is 3.07. The van der Waals surface area contributed by atoms with Crippen molar-refractivity contribution in [3.63, 3.8) is 0 Å². The monoisotopic (exact) mass is 443 g/mol. The summed E-state index contributed by atoms with van der Waals surface area (Å²) in [6, 6.07) is 1.16. The highest BCUT2D eigenvalue weighted by Gasteiger charge is 2.24. The SMILES string of the molecule is CC(C)c1cc(F)c(F)c(C(C)C)c1CC(=O)N=S(N)c1nc(C(C)(C)O)cs1. The summed E-state index contributed by atoms with van der Waals surface area (Å²) in [5.41, 5.74) is 0.593. The molecular formula is C20H27F2N3O2S2. The molecule has 1 aromatic carbocycles. The molecule has 3 N–H and O–H groups in total. The highest BCUT2D eigenvalue weighted by Crippen LogP contribution is 2.32. The molecule has 2 rings (SSSR count). The molecule has 0 radical (unpaired) electrons. The molecule has 0 aliphatic carbocycles. The summed E-state index contributed by atoms with van der Waals surface area (Å²) in [5.74, 6) is -2.74. The zero-order valence-corrected chi connectivity index (χ0v) is 19.0. The van der Waals surface area contributed by atoms with Crippen LogP contribution in [0, 0.1) is 11.6 Å². The molecule has 1 atom stereocenters.